The average molecular weight is 440 g/mol. The summed E-state index contributed by atoms with van der Waals surface area (Å²) in [6.45, 7) is 5.42. The van der Waals surface area contributed by atoms with Crippen molar-refractivity contribution in [3.8, 4) is 17.0 Å². The quantitative estimate of drug-likeness (QED) is 0.618. The highest BCUT2D eigenvalue weighted by Crippen LogP contribution is 2.36. The van der Waals surface area contributed by atoms with Crippen molar-refractivity contribution in [1.29, 1.82) is 0 Å². The van der Waals surface area contributed by atoms with Crippen molar-refractivity contribution >= 4 is 23.2 Å². The third kappa shape index (κ3) is 4.57. The summed E-state index contributed by atoms with van der Waals surface area (Å²) < 4.78 is 5.68. The van der Waals surface area contributed by atoms with E-state index in [2.05, 4.69) is 53.7 Å². The maximum absolute atomic E-state index is 12.7. The van der Waals surface area contributed by atoms with Crippen molar-refractivity contribution in [2.45, 2.75) is 13.8 Å². The SMILES string of the molecule is Cc1cc(C)cc(Nc2nccc(-c3ccc4c(c3)N(CC3=CCNC=C3)C(=O)CO4)n2)c1. The molecule has 0 bridgehead atoms. The first-order valence-corrected chi connectivity index (χ1v) is 10.9. The lowest BCUT2D eigenvalue weighted by Crippen LogP contribution is -2.40. The summed E-state index contributed by atoms with van der Waals surface area (Å²) in [7, 11) is 0. The predicted octanol–water partition coefficient (Wildman–Crippen LogP) is 4.27. The van der Waals surface area contributed by atoms with Crippen molar-refractivity contribution in [3.05, 3.63) is 83.7 Å². The molecule has 7 heteroatoms. The molecular weight excluding hydrogens is 414 g/mol. The molecule has 5 rings (SSSR count). The second-order valence-corrected chi connectivity index (χ2v) is 8.24. The van der Waals surface area contributed by atoms with Crippen LogP contribution in [0.1, 0.15) is 11.1 Å². The van der Waals surface area contributed by atoms with Gasteiger partial charge >= 0.3 is 0 Å². The van der Waals surface area contributed by atoms with E-state index in [-0.39, 0.29) is 12.5 Å². The molecule has 0 radical (unpaired) electrons. The molecule has 3 heterocycles. The van der Waals surface area contributed by atoms with E-state index in [9.17, 15) is 4.79 Å². The monoisotopic (exact) mass is 439 g/mol. The van der Waals surface area contributed by atoms with Gasteiger partial charge in [-0.2, -0.15) is 0 Å². The van der Waals surface area contributed by atoms with Crippen LogP contribution in [-0.4, -0.2) is 35.6 Å². The second-order valence-electron chi connectivity index (χ2n) is 8.24. The number of carbonyl (C=O) groups excluding carboxylic acids is 1. The van der Waals surface area contributed by atoms with Gasteiger partial charge in [0.15, 0.2) is 6.61 Å². The smallest absolute Gasteiger partial charge is 0.265 e. The number of nitrogens with one attached hydrogen (secondary N) is 2. The van der Waals surface area contributed by atoms with E-state index in [1.807, 2.05) is 36.5 Å². The molecule has 0 atom stereocenters. The standard InChI is InChI=1S/C26H25N5O2/c1-17-11-18(2)13-21(12-17)29-26-28-10-7-22(30-26)20-3-4-24-23(14-20)31(25(32)16-33-24)15-19-5-8-27-9-6-19/h3-8,10-14,27H,9,15-16H2,1-2H3,(H,28,29,30). The number of ether oxygens (including phenoxy) is 1. The zero-order valence-corrected chi connectivity index (χ0v) is 18.6. The van der Waals surface area contributed by atoms with Crippen LogP contribution < -0.4 is 20.3 Å². The highest BCUT2D eigenvalue weighted by molar-refractivity contribution is 5.99. The zero-order chi connectivity index (χ0) is 22.8. The minimum Gasteiger partial charge on any atom is -0.482 e. The Kier molecular flexibility index (Phi) is 5.52. The Morgan fingerprint density at radius 1 is 1.12 bits per heavy atom. The van der Waals surface area contributed by atoms with Gasteiger partial charge in [-0.3, -0.25) is 4.79 Å². The van der Waals surface area contributed by atoms with Crippen LogP contribution in [0.15, 0.2) is 72.6 Å². The lowest BCUT2D eigenvalue weighted by molar-refractivity contribution is -0.121. The van der Waals surface area contributed by atoms with Crippen LogP contribution in [0.3, 0.4) is 0 Å². The highest BCUT2D eigenvalue weighted by Gasteiger charge is 2.26. The van der Waals surface area contributed by atoms with E-state index in [1.54, 1.807) is 11.1 Å². The summed E-state index contributed by atoms with van der Waals surface area (Å²) in [5.74, 6) is 1.15. The second kappa shape index (κ2) is 8.78. The zero-order valence-electron chi connectivity index (χ0n) is 18.6. The van der Waals surface area contributed by atoms with E-state index in [0.717, 1.165) is 34.8 Å². The van der Waals surface area contributed by atoms with E-state index in [0.29, 0.717) is 18.2 Å². The number of nitrogens with zero attached hydrogens (tertiary/aromatic N) is 3. The molecule has 0 saturated carbocycles. The van der Waals surface area contributed by atoms with Crippen LogP contribution in [0, 0.1) is 13.8 Å². The van der Waals surface area contributed by atoms with Gasteiger partial charge in [-0.05, 0) is 79.2 Å². The molecule has 2 aliphatic heterocycles. The number of carbonyl (C=O) groups is 1. The summed E-state index contributed by atoms with van der Waals surface area (Å²) in [5, 5.41) is 6.43. The van der Waals surface area contributed by atoms with E-state index < -0.39 is 0 Å². The van der Waals surface area contributed by atoms with Crippen LogP contribution >= 0.6 is 0 Å². The van der Waals surface area contributed by atoms with Crippen LogP contribution in [0.4, 0.5) is 17.3 Å². The minimum atomic E-state index is -0.0626. The summed E-state index contributed by atoms with van der Waals surface area (Å²) in [6.07, 6.45) is 7.71. The molecule has 3 aromatic rings. The molecule has 2 aromatic carbocycles. The van der Waals surface area contributed by atoms with Gasteiger partial charge in [-0.1, -0.05) is 12.1 Å². The van der Waals surface area contributed by atoms with Crippen LogP contribution in [0.5, 0.6) is 5.75 Å². The first-order valence-electron chi connectivity index (χ1n) is 10.9. The van der Waals surface area contributed by atoms with Crippen molar-refractivity contribution in [2.24, 2.45) is 0 Å². The largest absolute Gasteiger partial charge is 0.482 e. The Morgan fingerprint density at radius 2 is 1.97 bits per heavy atom. The van der Waals surface area contributed by atoms with Gasteiger partial charge in [0.2, 0.25) is 5.95 Å². The van der Waals surface area contributed by atoms with Gasteiger partial charge in [0, 0.05) is 24.0 Å². The van der Waals surface area contributed by atoms with Gasteiger partial charge < -0.3 is 20.3 Å². The van der Waals surface area contributed by atoms with Gasteiger partial charge in [-0.15, -0.1) is 0 Å². The van der Waals surface area contributed by atoms with Crippen molar-refractivity contribution in [1.82, 2.24) is 15.3 Å². The average Bonchev–Trinajstić information content (AvgIpc) is 2.81. The number of amides is 1. The van der Waals surface area contributed by atoms with Crippen molar-refractivity contribution < 1.29 is 9.53 Å². The summed E-state index contributed by atoms with van der Waals surface area (Å²) in [6, 6.07) is 13.9. The Hall–Kier alpha value is -4.13. The molecule has 1 aromatic heterocycles. The lowest BCUT2D eigenvalue weighted by Gasteiger charge is -2.30. The number of aromatic nitrogens is 2. The van der Waals surface area contributed by atoms with E-state index >= 15 is 0 Å². The predicted molar refractivity (Wildman–Crippen MR) is 130 cm³/mol. The fraction of sp³-hybridized carbons (Fsp3) is 0.192. The molecule has 166 valence electrons. The van der Waals surface area contributed by atoms with Crippen molar-refractivity contribution in [2.75, 3.05) is 29.9 Å². The molecule has 33 heavy (non-hydrogen) atoms. The number of hydrogen-bond acceptors (Lipinski definition) is 6. The van der Waals surface area contributed by atoms with Gasteiger partial charge in [0.1, 0.15) is 5.75 Å². The number of rotatable bonds is 5. The molecule has 0 aliphatic carbocycles. The summed E-state index contributed by atoms with van der Waals surface area (Å²) in [4.78, 5) is 23.6. The highest BCUT2D eigenvalue weighted by atomic mass is 16.5. The summed E-state index contributed by atoms with van der Waals surface area (Å²) in [5.41, 5.74) is 6.78. The Labute approximate surface area is 192 Å². The third-order valence-electron chi connectivity index (χ3n) is 5.57. The molecule has 2 N–H and O–H groups in total. The first kappa shape index (κ1) is 20.8. The Bertz CT molecular complexity index is 1260. The van der Waals surface area contributed by atoms with Crippen LogP contribution in [0.25, 0.3) is 11.3 Å². The number of dihydropyridines is 1. The van der Waals surface area contributed by atoms with Gasteiger partial charge in [0.25, 0.3) is 5.91 Å². The molecule has 2 aliphatic rings. The lowest BCUT2D eigenvalue weighted by atomic mass is 10.1. The number of fused-ring (bicyclic) bond motifs is 1. The molecule has 7 nitrogen and oxygen atoms in total. The molecule has 0 unspecified atom stereocenters. The maximum atomic E-state index is 12.7. The third-order valence-corrected chi connectivity index (χ3v) is 5.57. The van der Waals surface area contributed by atoms with E-state index in [4.69, 9.17) is 9.72 Å². The summed E-state index contributed by atoms with van der Waals surface area (Å²) >= 11 is 0. The maximum Gasteiger partial charge on any atom is 0.265 e. The normalized spacial score (nSPS) is 14.8. The number of aryl methyl sites for hydroxylation is 2. The van der Waals surface area contributed by atoms with Crippen LogP contribution in [0.2, 0.25) is 0 Å². The van der Waals surface area contributed by atoms with Gasteiger partial charge in [0.05, 0.1) is 17.9 Å². The van der Waals surface area contributed by atoms with Gasteiger partial charge in [-0.25, -0.2) is 9.97 Å². The Morgan fingerprint density at radius 3 is 2.76 bits per heavy atom. The molecule has 1 amide bonds. The van der Waals surface area contributed by atoms with E-state index in [1.165, 1.54) is 11.1 Å². The van der Waals surface area contributed by atoms with Crippen molar-refractivity contribution in [3.63, 3.8) is 0 Å². The number of anilines is 3. The molecular formula is C26H25N5O2. The number of benzene rings is 2. The van der Waals surface area contributed by atoms with Crippen LogP contribution in [-0.2, 0) is 4.79 Å². The topological polar surface area (TPSA) is 79.4 Å². The molecule has 0 spiro atoms. The fourth-order valence-electron chi connectivity index (χ4n) is 4.08. The first-order chi connectivity index (χ1) is 16.0. The minimum absolute atomic E-state index is 0.0407. The number of hydrogen-bond donors (Lipinski definition) is 2. The Balaban J connectivity index is 1.45. The molecule has 0 fully saturated rings. The fourth-order valence-corrected chi connectivity index (χ4v) is 4.08. The molecule has 0 saturated heterocycles.